The van der Waals surface area contributed by atoms with Crippen LogP contribution in [0.2, 0.25) is 0 Å². The molecule has 0 aliphatic rings. The molecule has 0 N–H and O–H groups in total. The average Bonchev–Trinajstić information content (AvgIpc) is 2.92. The van der Waals surface area contributed by atoms with Crippen LogP contribution in [-0.4, -0.2) is 7.11 Å². The van der Waals surface area contributed by atoms with Crippen LogP contribution in [0.1, 0.15) is 38.9 Å². The van der Waals surface area contributed by atoms with Gasteiger partial charge in [0, 0.05) is 11.1 Å². The molecule has 0 amide bonds. The van der Waals surface area contributed by atoms with Crippen molar-refractivity contribution >= 4 is 6.08 Å². The number of benzene rings is 4. The normalized spacial score (nSPS) is 11.0. The van der Waals surface area contributed by atoms with Gasteiger partial charge in [0.05, 0.1) is 7.11 Å². The Bertz CT molecular complexity index is 1310. The van der Waals surface area contributed by atoms with Crippen molar-refractivity contribution in [1.29, 1.82) is 0 Å². The van der Waals surface area contributed by atoms with Gasteiger partial charge in [-0.3, -0.25) is 0 Å². The Morgan fingerprint density at radius 3 is 1.81 bits per heavy atom. The van der Waals surface area contributed by atoms with Crippen LogP contribution in [0.25, 0.3) is 6.08 Å². The molecule has 36 heavy (non-hydrogen) atoms. The van der Waals surface area contributed by atoms with E-state index in [4.69, 9.17) is 14.2 Å². The second-order valence-electron chi connectivity index (χ2n) is 8.91. The van der Waals surface area contributed by atoms with Crippen molar-refractivity contribution in [2.75, 3.05) is 7.11 Å². The highest BCUT2D eigenvalue weighted by atomic mass is 16.5. The Balaban J connectivity index is 1.57. The molecule has 0 atom stereocenters. The third kappa shape index (κ3) is 5.98. The van der Waals surface area contributed by atoms with Crippen molar-refractivity contribution in [3.63, 3.8) is 0 Å². The van der Waals surface area contributed by atoms with Gasteiger partial charge in [0.25, 0.3) is 0 Å². The monoisotopic (exact) mass is 478 g/mol. The SMILES string of the molecule is COc1c(C)c(C)c(OCc2ccccc2)c(/C=C/Cc2ccccc2OCc2ccccc2)c1C. The van der Waals surface area contributed by atoms with E-state index in [-0.39, 0.29) is 0 Å². The topological polar surface area (TPSA) is 27.7 Å². The summed E-state index contributed by atoms with van der Waals surface area (Å²) in [6.45, 7) is 7.35. The number of rotatable bonds is 10. The number of ether oxygens (including phenoxy) is 3. The average molecular weight is 479 g/mol. The van der Waals surface area contributed by atoms with Crippen LogP contribution < -0.4 is 14.2 Å². The Hall–Kier alpha value is -3.98. The number of methoxy groups -OCH3 is 1. The van der Waals surface area contributed by atoms with E-state index in [1.54, 1.807) is 7.11 Å². The van der Waals surface area contributed by atoms with E-state index in [2.05, 4.69) is 69.3 Å². The molecule has 0 unspecified atom stereocenters. The van der Waals surface area contributed by atoms with Gasteiger partial charge >= 0.3 is 0 Å². The molecule has 184 valence electrons. The van der Waals surface area contributed by atoms with Crippen LogP contribution >= 0.6 is 0 Å². The fourth-order valence-corrected chi connectivity index (χ4v) is 4.39. The molecular weight excluding hydrogens is 444 g/mol. The summed E-state index contributed by atoms with van der Waals surface area (Å²) in [5.41, 5.74) is 7.77. The Morgan fingerprint density at radius 1 is 0.611 bits per heavy atom. The van der Waals surface area contributed by atoms with E-state index >= 15 is 0 Å². The molecule has 3 heteroatoms. The Kier molecular flexibility index (Phi) is 8.46. The van der Waals surface area contributed by atoms with Gasteiger partial charge in [-0.1, -0.05) is 91.0 Å². The summed E-state index contributed by atoms with van der Waals surface area (Å²) in [5, 5.41) is 0. The lowest BCUT2D eigenvalue weighted by Gasteiger charge is -2.20. The second-order valence-corrected chi connectivity index (χ2v) is 8.91. The van der Waals surface area contributed by atoms with Crippen LogP contribution in [0.15, 0.2) is 91.0 Å². The molecule has 0 radical (unpaired) electrons. The first kappa shape index (κ1) is 25.1. The summed E-state index contributed by atoms with van der Waals surface area (Å²) in [5.74, 6) is 2.71. The van der Waals surface area contributed by atoms with E-state index in [1.807, 2.05) is 48.5 Å². The Labute approximate surface area is 215 Å². The van der Waals surface area contributed by atoms with Gasteiger partial charge in [-0.05, 0) is 61.1 Å². The minimum Gasteiger partial charge on any atom is -0.496 e. The van der Waals surface area contributed by atoms with Crippen molar-refractivity contribution in [1.82, 2.24) is 0 Å². The summed E-state index contributed by atoms with van der Waals surface area (Å²) >= 11 is 0. The predicted molar refractivity (Wildman–Crippen MR) is 148 cm³/mol. The second kappa shape index (κ2) is 12.1. The van der Waals surface area contributed by atoms with Crippen LogP contribution in [-0.2, 0) is 19.6 Å². The molecule has 0 bridgehead atoms. The van der Waals surface area contributed by atoms with Gasteiger partial charge < -0.3 is 14.2 Å². The zero-order valence-corrected chi connectivity index (χ0v) is 21.6. The van der Waals surface area contributed by atoms with Gasteiger partial charge in [-0.2, -0.15) is 0 Å². The minimum absolute atomic E-state index is 0.518. The minimum atomic E-state index is 0.518. The van der Waals surface area contributed by atoms with Crippen molar-refractivity contribution < 1.29 is 14.2 Å². The standard InChI is InChI=1S/C33H34O3/c1-24-25(2)33(36-23-28-16-9-6-10-17-28)30(26(3)32(24)34-4)20-13-19-29-18-11-12-21-31(29)35-22-27-14-7-5-8-15-27/h5-18,20-21H,19,22-23H2,1-4H3/b20-13+. The molecule has 0 spiro atoms. The largest absolute Gasteiger partial charge is 0.496 e. The van der Waals surface area contributed by atoms with Crippen molar-refractivity contribution in [3.05, 3.63) is 130 Å². The predicted octanol–water partition coefficient (Wildman–Crippen LogP) is 8.03. The summed E-state index contributed by atoms with van der Waals surface area (Å²) in [4.78, 5) is 0. The van der Waals surface area contributed by atoms with Crippen LogP contribution in [0.3, 0.4) is 0 Å². The van der Waals surface area contributed by atoms with E-state index in [0.717, 1.165) is 62.6 Å². The van der Waals surface area contributed by atoms with Crippen LogP contribution in [0, 0.1) is 20.8 Å². The third-order valence-corrected chi connectivity index (χ3v) is 6.50. The van der Waals surface area contributed by atoms with E-state index < -0.39 is 0 Å². The molecular formula is C33H34O3. The molecule has 0 aromatic heterocycles. The van der Waals surface area contributed by atoms with Gasteiger partial charge in [0.1, 0.15) is 30.5 Å². The zero-order valence-electron chi connectivity index (χ0n) is 21.6. The molecule has 0 saturated heterocycles. The van der Waals surface area contributed by atoms with Crippen molar-refractivity contribution in [2.45, 2.75) is 40.4 Å². The molecule has 3 nitrogen and oxygen atoms in total. The molecule has 0 aliphatic carbocycles. The van der Waals surface area contributed by atoms with E-state index in [0.29, 0.717) is 13.2 Å². The summed E-state index contributed by atoms with van der Waals surface area (Å²) in [7, 11) is 1.73. The fraction of sp³-hybridized carbons (Fsp3) is 0.212. The number of para-hydroxylation sites is 1. The molecule has 4 aromatic rings. The molecule has 0 fully saturated rings. The maximum absolute atomic E-state index is 6.40. The summed E-state index contributed by atoms with van der Waals surface area (Å²) in [6.07, 6.45) is 5.08. The lowest BCUT2D eigenvalue weighted by molar-refractivity contribution is 0.301. The molecule has 0 saturated carbocycles. The lowest BCUT2D eigenvalue weighted by Crippen LogP contribution is -2.04. The van der Waals surface area contributed by atoms with Gasteiger partial charge in [0.15, 0.2) is 0 Å². The van der Waals surface area contributed by atoms with Crippen LogP contribution in [0.5, 0.6) is 17.2 Å². The fourth-order valence-electron chi connectivity index (χ4n) is 4.39. The first-order chi connectivity index (χ1) is 17.6. The third-order valence-electron chi connectivity index (χ3n) is 6.50. The first-order valence-corrected chi connectivity index (χ1v) is 12.3. The molecule has 0 aliphatic heterocycles. The Morgan fingerprint density at radius 2 is 1.17 bits per heavy atom. The maximum Gasteiger partial charge on any atom is 0.130 e. The molecule has 0 heterocycles. The van der Waals surface area contributed by atoms with Crippen molar-refractivity contribution in [2.24, 2.45) is 0 Å². The highest BCUT2D eigenvalue weighted by Gasteiger charge is 2.18. The quantitative estimate of drug-likeness (QED) is 0.231. The number of allylic oxidation sites excluding steroid dienone is 1. The number of hydrogen-bond acceptors (Lipinski definition) is 3. The summed E-state index contributed by atoms with van der Waals surface area (Å²) in [6, 6.07) is 28.7. The van der Waals surface area contributed by atoms with Gasteiger partial charge in [-0.15, -0.1) is 0 Å². The van der Waals surface area contributed by atoms with Crippen LogP contribution in [0.4, 0.5) is 0 Å². The van der Waals surface area contributed by atoms with Gasteiger partial charge in [-0.25, -0.2) is 0 Å². The zero-order chi connectivity index (χ0) is 25.3. The lowest BCUT2D eigenvalue weighted by atomic mass is 9.96. The van der Waals surface area contributed by atoms with E-state index in [1.165, 1.54) is 0 Å². The van der Waals surface area contributed by atoms with Crippen molar-refractivity contribution in [3.8, 4) is 17.2 Å². The first-order valence-electron chi connectivity index (χ1n) is 12.3. The highest BCUT2D eigenvalue weighted by Crippen LogP contribution is 2.39. The number of hydrogen-bond donors (Lipinski definition) is 0. The molecule has 4 aromatic carbocycles. The maximum atomic E-state index is 6.40. The highest BCUT2D eigenvalue weighted by molar-refractivity contribution is 5.69. The summed E-state index contributed by atoms with van der Waals surface area (Å²) < 4.78 is 18.3. The van der Waals surface area contributed by atoms with E-state index in [9.17, 15) is 0 Å². The van der Waals surface area contributed by atoms with Gasteiger partial charge in [0.2, 0.25) is 0 Å². The molecule has 4 rings (SSSR count). The smallest absolute Gasteiger partial charge is 0.130 e.